The standard InChI is InChI=1S/C21H23NO2S/c1-15(2)12-13-24-18-10-8-16(14-19(18)23-3)9-11-21-22-17-6-4-5-7-20(17)25-21/h4-11,14-15H,12-13H2,1-3H3. The van der Waals surface area contributed by atoms with Crippen molar-refractivity contribution in [2.24, 2.45) is 5.92 Å². The minimum atomic E-state index is 0.627. The van der Waals surface area contributed by atoms with Gasteiger partial charge in [-0.3, -0.25) is 0 Å². The zero-order valence-corrected chi connectivity index (χ0v) is 15.7. The molecule has 4 heteroatoms. The van der Waals surface area contributed by atoms with Crippen LogP contribution >= 0.6 is 11.3 Å². The fourth-order valence-corrected chi connectivity index (χ4v) is 3.31. The molecule has 3 nitrogen and oxygen atoms in total. The minimum absolute atomic E-state index is 0.627. The van der Waals surface area contributed by atoms with E-state index in [1.165, 1.54) is 4.70 Å². The number of para-hydroxylation sites is 1. The summed E-state index contributed by atoms with van der Waals surface area (Å²) in [6.45, 7) is 5.09. The first kappa shape index (κ1) is 17.5. The van der Waals surface area contributed by atoms with E-state index < -0.39 is 0 Å². The van der Waals surface area contributed by atoms with Gasteiger partial charge >= 0.3 is 0 Å². The molecule has 130 valence electrons. The first-order chi connectivity index (χ1) is 12.2. The number of hydrogen-bond acceptors (Lipinski definition) is 4. The molecule has 1 heterocycles. The quantitative estimate of drug-likeness (QED) is 0.530. The second-order valence-corrected chi connectivity index (χ2v) is 7.36. The summed E-state index contributed by atoms with van der Waals surface area (Å²) in [4.78, 5) is 4.62. The lowest BCUT2D eigenvalue weighted by Crippen LogP contribution is -2.02. The number of methoxy groups -OCH3 is 1. The van der Waals surface area contributed by atoms with Gasteiger partial charge in [0.1, 0.15) is 5.01 Å². The number of benzene rings is 2. The third kappa shape index (κ3) is 4.60. The Labute approximate surface area is 152 Å². The molecule has 0 bridgehead atoms. The van der Waals surface area contributed by atoms with Gasteiger partial charge in [-0.05, 0) is 48.2 Å². The number of ether oxygens (including phenoxy) is 2. The van der Waals surface area contributed by atoms with Gasteiger partial charge in [0.25, 0.3) is 0 Å². The van der Waals surface area contributed by atoms with Crippen molar-refractivity contribution in [3.63, 3.8) is 0 Å². The minimum Gasteiger partial charge on any atom is -0.493 e. The Morgan fingerprint density at radius 1 is 1.08 bits per heavy atom. The van der Waals surface area contributed by atoms with Crippen LogP contribution in [0.4, 0.5) is 0 Å². The lowest BCUT2D eigenvalue weighted by atomic mass is 10.1. The van der Waals surface area contributed by atoms with Crippen LogP contribution in [0.2, 0.25) is 0 Å². The van der Waals surface area contributed by atoms with E-state index >= 15 is 0 Å². The third-order valence-corrected chi connectivity index (χ3v) is 4.87. The van der Waals surface area contributed by atoms with Gasteiger partial charge in [0.05, 0.1) is 23.9 Å². The molecule has 3 aromatic rings. The van der Waals surface area contributed by atoms with Gasteiger partial charge in [0.15, 0.2) is 11.5 Å². The molecule has 0 aliphatic carbocycles. The summed E-state index contributed by atoms with van der Waals surface area (Å²) in [5.74, 6) is 2.18. The van der Waals surface area contributed by atoms with E-state index in [-0.39, 0.29) is 0 Å². The van der Waals surface area contributed by atoms with Crippen molar-refractivity contribution in [3.05, 3.63) is 53.0 Å². The first-order valence-electron chi connectivity index (χ1n) is 8.50. The average molecular weight is 353 g/mol. The topological polar surface area (TPSA) is 31.4 Å². The van der Waals surface area contributed by atoms with Crippen LogP contribution in [0, 0.1) is 5.92 Å². The van der Waals surface area contributed by atoms with Gasteiger partial charge < -0.3 is 9.47 Å². The maximum Gasteiger partial charge on any atom is 0.161 e. The number of rotatable bonds is 7. The number of nitrogens with zero attached hydrogens (tertiary/aromatic N) is 1. The Hall–Kier alpha value is -2.33. The van der Waals surface area contributed by atoms with Crippen LogP contribution in [0.5, 0.6) is 11.5 Å². The first-order valence-corrected chi connectivity index (χ1v) is 9.32. The largest absolute Gasteiger partial charge is 0.493 e. The fraction of sp³-hybridized carbons (Fsp3) is 0.286. The molecule has 0 radical (unpaired) electrons. The van der Waals surface area contributed by atoms with Crippen LogP contribution in [0.15, 0.2) is 42.5 Å². The maximum absolute atomic E-state index is 5.84. The number of fused-ring (bicyclic) bond motifs is 1. The zero-order chi connectivity index (χ0) is 17.6. The van der Waals surface area contributed by atoms with E-state index in [0.29, 0.717) is 12.5 Å². The lowest BCUT2D eigenvalue weighted by molar-refractivity contribution is 0.273. The predicted molar refractivity (Wildman–Crippen MR) is 106 cm³/mol. The van der Waals surface area contributed by atoms with E-state index in [9.17, 15) is 0 Å². The van der Waals surface area contributed by atoms with Crippen molar-refractivity contribution in [2.45, 2.75) is 20.3 Å². The molecule has 0 saturated heterocycles. The van der Waals surface area contributed by atoms with Gasteiger partial charge in [0.2, 0.25) is 0 Å². The van der Waals surface area contributed by atoms with E-state index in [1.807, 2.05) is 42.5 Å². The van der Waals surface area contributed by atoms with E-state index in [1.54, 1.807) is 18.4 Å². The third-order valence-electron chi connectivity index (χ3n) is 3.87. The second kappa shape index (κ2) is 8.17. The lowest BCUT2D eigenvalue weighted by Gasteiger charge is -2.12. The van der Waals surface area contributed by atoms with Crippen LogP contribution in [-0.2, 0) is 0 Å². The Kier molecular flexibility index (Phi) is 5.71. The molecule has 0 unspecified atom stereocenters. The molecular weight excluding hydrogens is 330 g/mol. The molecule has 2 aromatic carbocycles. The van der Waals surface area contributed by atoms with Crippen molar-refractivity contribution >= 4 is 33.7 Å². The highest BCUT2D eigenvalue weighted by Gasteiger charge is 2.06. The highest BCUT2D eigenvalue weighted by molar-refractivity contribution is 7.19. The van der Waals surface area contributed by atoms with Crippen molar-refractivity contribution < 1.29 is 9.47 Å². The van der Waals surface area contributed by atoms with Crippen LogP contribution in [0.3, 0.4) is 0 Å². The van der Waals surface area contributed by atoms with Crippen LogP contribution in [-0.4, -0.2) is 18.7 Å². The average Bonchev–Trinajstić information content (AvgIpc) is 3.03. The van der Waals surface area contributed by atoms with Gasteiger partial charge in [0, 0.05) is 0 Å². The Balaban J connectivity index is 1.73. The predicted octanol–water partition coefficient (Wildman–Crippen LogP) is 5.90. The second-order valence-electron chi connectivity index (χ2n) is 6.29. The van der Waals surface area contributed by atoms with Gasteiger partial charge in [-0.1, -0.05) is 38.1 Å². The number of hydrogen-bond donors (Lipinski definition) is 0. The number of thiazole rings is 1. The Morgan fingerprint density at radius 2 is 1.92 bits per heavy atom. The summed E-state index contributed by atoms with van der Waals surface area (Å²) in [6, 6.07) is 14.2. The molecule has 0 saturated carbocycles. The molecule has 0 N–H and O–H groups in total. The van der Waals surface area contributed by atoms with Crippen molar-refractivity contribution in [3.8, 4) is 11.5 Å². The highest BCUT2D eigenvalue weighted by Crippen LogP contribution is 2.29. The maximum atomic E-state index is 5.84. The Bertz CT molecular complexity index is 834. The molecule has 0 aliphatic heterocycles. The summed E-state index contributed by atoms with van der Waals surface area (Å²) in [5, 5.41) is 0.998. The van der Waals surface area contributed by atoms with E-state index in [0.717, 1.165) is 34.0 Å². The molecule has 0 fully saturated rings. The molecule has 25 heavy (non-hydrogen) atoms. The van der Waals surface area contributed by atoms with Crippen LogP contribution < -0.4 is 9.47 Å². The molecule has 0 amide bonds. The molecule has 0 spiro atoms. The molecule has 1 aromatic heterocycles. The van der Waals surface area contributed by atoms with Crippen molar-refractivity contribution in [1.29, 1.82) is 0 Å². The number of aromatic nitrogens is 1. The Morgan fingerprint density at radius 3 is 2.68 bits per heavy atom. The summed E-state index contributed by atoms with van der Waals surface area (Å²) in [6.07, 6.45) is 5.12. The van der Waals surface area contributed by atoms with E-state index in [2.05, 4.69) is 31.0 Å². The van der Waals surface area contributed by atoms with Gasteiger partial charge in [-0.25, -0.2) is 4.98 Å². The fourth-order valence-electron chi connectivity index (χ4n) is 2.44. The van der Waals surface area contributed by atoms with E-state index in [4.69, 9.17) is 9.47 Å². The van der Waals surface area contributed by atoms with Crippen molar-refractivity contribution in [1.82, 2.24) is 4.98 Å². The summed E-state index contributed by atoms with van der Waals surface area (Å²) >= 11 is 1.69. The smallest absolute Gasteiger partial charge is 0.161 e. The van der Waals surface area contributed by atoms with Crippen LogP contribution in [0.1, 0.15) is 30.8 Å². The van der Waals surface area contributed by atoms with Crippen molar-refractivity contribution in [2.75, 3.05) is 13.7 Å². The summed E-state index contributed by atoms with van der Waals surface area (Å²) < 4.78 is 12.5. The molecule has 3 rings (SSSR count). The molecule has 0 aliphatic rings. The molecular formula is C21H23NO2S. The zero-order valence-electron chi connectivity index (χ0n) is 14.9. The summed E-state index contributed by atoms with van der Waals surface area (Å²) in [5.41, 5.74) is 2.10. The highest BCUT2D eigenvalue weighted by atomic mass is 32.1. The van der Waals surface area contributed by atoms with Gasteiger partial charge in [-0.15, -0.1) is 11.3 Å². The monoisotopic (exact) mass is 353 g/mol. The van der Waals surface area contributed by atoms with Gasteiger partial charge in [-0.2, -0.15) is 0 Å². The molecule has 0 atom stereocenters. The SMILES string of the molecule is COc1cc(C=Cc2nc3ccccc3s2)ccc1OCCC(C)C. The normalized spacial score (nSPS) is 11.5. The summed E-state index contributed by atoms with van der Waals surface area (Å²) in [7, 11) is 1.67. The van der Waals surface area contributed by atoms with Crippen LogP contribution in [0.25, 0.3) is 22.4 Å².